The Morgan fingerprint density at radius 2 is 2.00 bits per heavy atom. The molecule has 0 spiro atoms. The van der Waals surface area contributed by atoms with E-state index in [9.17, 15) is 13.2 Å². The van der Waals surface area contributed by atoms with Crippen LogP contribution in [-0.2, 0) is 10.9 Å². The van der Waals surface area contributed by atoms with Crippen LogP contribution in [0.3, 0.4) is 0 Å². The maximum Gasteiger partial charge on any atom is 0.416 e. The monoisotopic (exact) mass is 287 g/mol. The minimum Gasteiger partial charge on any atom is -0.381 e. The minimum atomic E-state index is -4.28. The molecule has 1 aromatic carbocycles. The highest BCUT2D eigenvalue weighted by Crippen LogP contribution is 2.33. The van der Waals surface area contributed by atoms with Gasteiger partial charge in [-0.2, -0.15) is 13.2 Å². The lowest BCUT2D eigenvalue weighted by atomic mass is 9.91. The van der Waals surface area contributed by atoms with Gasteiger partial charge in [-0.1, -0.05) is 19.1 Å². The highest BCUT2D eigenvalue weighted by molar-refractivity contribution is 5.27. The Kier molecular flexibility index (Phi) is 5.05. The van der Waals surface area contributed by atoms with Crippen molar-refractivity contribution in [3.05, 3.63) is 35.4 Å². The van der Waals surface area contributed by atoms with Crippen molar-refractivity contribution in [1.29, 1.82) is 0 Å². The molecule has 1 heterocycles. The number of ether oxygens (including phenoxy) is 1. The summed E-state index contributed by atoms with van der Waals surface area (Å²) in [5.74, 6) is 0.332. The maximum absolute atomic E-state index is 12.6. The van der Waals surface area contributed by atoms with E-state index in [1.54, 1.807) is 12.1 Å². The third-order valence-electron chi connectivity index (χ3n) is 3.65. The summed E-state index contributed by atoms with van der Waals surface area (Å²) >= 11 is 0. The van der Waals surface area contributed by atoms with Gasteiger partial charge >= 0.3 is 6.18 Å². The van der Waals surface area contributed by atoms with Gasteiger partial charge in [-0.3, -0.25) is 0 Å². The Balaban J connectivity index is 2.15. The second kappa shape index (κ2) is 6.59. The lowest BCUT2D eigenvalue weighted by Crippen LogP contribution is -2.29. The SMILES string of the molecule is CCCNC(c1ccc(C(F)(F)F)cc1)C1CCOC1. The van der Waals surface area contributed by atoms with Crippen LogP contribution in [0.5, 0.6) is 0 Å². The Morgan fingerprint density at radius 1 is 1.30 bits per heavy atom. The van der Waals surface area contributed by atoms with Crippen molar-refractivity contribution < 1.29 is 17.9 Å². The first-order valence-corrected chi connectivity index (χ1v) is 7.00. The van der Waals surface area contributed by atoms with Crippen molar-refractivity contribution >= 4 is 0 Å². The number of halogens is 3. The molecule has 0 aliphatic carbocycles. The number of nitrogens with one attached hydrogen (secondary N) is 1. The van der Waals surface area contributed by atoms with Crippen molar-refractivity contribution in [2.45, 2.75) is 32.0 Å². The number of alkyl halides is 3. The van der Waals surface area contributed by atoms with Crippen LogP contribution >= 0.6 is 0 Å². The normalized spacial score (nSPS) is 21.1. The molecule has 2 unspecified atom stereocenters. The number of hydrogen-bond acceptors (Lipinski definition) is 2. The van der Waals surface area contributed by atoms with Crippen LogP contribution in [0.2, 0.25) is 0 Å². The number of rotatable bonds is 5. The van der Waals surface area contributed by atoms with Gasteiger partial charge in [0.05, 0.1) is 12.2 Å². The summed E-state index contributed by atoms with van der Waals surface area (Å²) < 4.78 is 43.2. The molecule has 0 radical (unpaired) electrons. The fraction of sp³-hybridized carbons (Fsp3) is 0.600. The molecule has 20 heavy (non-hydrogen) atoms. The maximum atomic E-state index is 12.6. The molecule has 1 aliphatic rings. The highest BCUT2D eigenvalue weighted by Gasteiger charge is 2.31. The van der Waals surface area contributed by atoms with Crippen LogP contribution in [0.1, 0.15) is 36.9 Å². The zero-order valence-electron chi connectivity index (χ0n) is 11.5. The third kappa shape index (κ3) is 3.73. The van der Waals surface area contributed by atoms with E-state index in [0.717, 1.165) is 43.7 Å². The van der Waals surface area contributed by atoms with Crippen LogP contribution in [0, 0.1) is 5.92 Å². The molecule has 0 bridgehead atoms. The average molecular weight is 287 g/mol. The molecule has 1 saturated heterocycles. The third-order valence-corrected chi connectivity index (χ3v) is 3.65. The van der Waals surface area contributed by atoms with Crippen LogP contribution in [0.4, 0.5) is 13.2 Å². The first kappa shape index (κ1) is 15.3. The first-order valence-electron chi connectivity index (χ1n) is 7.00. The summed E-state index contributed by atoms with van der Waals surface area (Å²) in [5, 5.41) is 3.42. The molecule has 2 atom stereocenters. The van der Waals surface area contributed by atoms with E-state index in [2.05, 4.69) is 12.2 Å². The molecule has 0 aromatic heterocycles. The lowest BCUT2D eigenvalue weighted by Gasteiger charge is -2.24. The van der Waals surface area contributed by atoms with Crippen LogP contribution in [0.25, 0.3) is 0 Å². The predicted molar refractivity (Wildman–Crippen MR) is 71.4 cm³/mol. The van der Waals surface area contributed by atoms with Gasteiger partial charge < -0.3 is 10.1 Å². The summed E-state index contributed by atoms with van der Waals surface area (Å²) in [4.78, 5) is 0. The highest BCUT2D eigenvalue weighted by atomic mass is 19.4. The van der Waals surface area contributed by atoms with Crippen molar-refractivity contribution in [3.63, 3.8) is 0 Å². The zero-order chi connectivity index (χ0) is 14.6. The summed E-state index contributed by atoms with van der Waals surface area (Å²) in [6.07, 6.45) is -2.34. The van der Waals surface area contributed by atoms with Crippen molar-refractivity contribution in [1.82, 2.24) is 5.32 Å². The smallest absolute Gasteiger partial charge is 0.381 e. The standard InChI is InChI=1S/C15H20F3NO/c1-2-8-19-14(12-7-9-20-10-12)11-3-5-13(6-4-11)15(16,17)18/h3-6,12,14,19H,2,7-10H2,1H3. The van der Waals surface area contributed by atoms with Crippen molar-refractivity contribution in [2.75, 3.05) is 19.8 Å². The Hall–Kier alpha value is -1.07. The largest absolute Gasteiger partial charge is 0.416 e. The summed E-state index contributed by atoms with van der Waals surface area (Å²) in [6.45, 7) is 4.32. The molecule has 2 rings (SSSR count). The van der Waals surface area contributed by atoms with Gasteiger partial charge in [-0.05, 0) is 37.1 Å². The van der Waals surface area contributed by atoms with Crippen molar-refractivity contribution in [3.8, 4) is 0 Å². The van der Waals surface area contributed by atoms with Crippen molar-refractivity contribution in [2.24, 2.45) is 5.92 Å². The van der Waals surface area contributed by atoms with E-state index in [-0.39, 0.29) is 6.04 Å². The van der Waals surface area contributed by atoms with Gasteiger partial charge in [0.25, 0.3) is 0 Å². The molecule has 0 saturated carbocycles. The summed E-state index contributed by atoms with van der Waals surface area (Å²) in [5.41, 5.74) is 0.306. The minimum absolute atomic E-state index is 0.0692. The molecule has 1 N–H and O–H groups in total. The van der Waals surface area contributed by atoms with Crippen LogP contribution < -0.4 is 5.32 Å². The van der Waals surface area contributed by atoms with Gasteiger partial charge in [-0.25, -0.2) is 0 Å². The summed E-state index contributed by atoms with van der Waals surface area (Å²) in [7, 11) is 0. The van der Waals surface area contributed by atoms with Gasteiger partial charge in [0.1, 0.15) is 0 Å². The molecule has 5 heteroatoms. The molecule has 1 aromatic rings. The second-order valence-electron chi connectivity index (χ2n) is 5.18. The number of hydrogen-bond donors (Lipinski definition) is 1. The van der Waals surface area contributed by atoms with Gasteiger partial charge in [0, 0.05) is 18.6 Å². The van der Waals surface area contributed by atoms with E-state index < -0.39 is 11.7 Å². The number of benzene rings is 1. The van der Waals surface area contributed by atoms with E-state index in [0.29, 0.717) is 12.5 Å². The first-order chi connectivity index (χ1) is 9.52. The van der Waals surface area contributed by atoms with Gasteiger partial charge in [0.15, 0.2) is 0 Å². The molecule has 0 amide bonds. The predicted octanol–water partition coefficient (Wildman–Crippen LogP) is 3.78. The molecule has 1 aliphatic heterocycles. The fourth-order valence-corrected chi connectivity index (χ4v) is 2.55. The quantitative estimate of drug-likeness (QED) is 0.890. The fourth-order valence-electron chi connectivity index (χ4n) is 2.55. The Labute approximate surface area is 117 Å². The topological polar surface area (TPSA) is 21.3 Å². The molecular weight excluding hydrogens is 267 g/mol. The molecule has 112 valence electrons. The lowest BCUT2D eigenvalue weighted by molar-refractivity contribution is -0.137. The van der Waals surface area contributed by atoms with Gasteiger partial charge in [-0.15, -0.1) is 0 Å². The van der Waals surface area contributed by atoms with E-state index >= 15 is 0 Å². The molecule has 1 fully saturated rings. The Bertz CT molecular complexity index is 410. The van der Waals surface area contributed by atoms with Crippen LogP contribution in [0.15, 0.2) is 24.3 Å². The second-order valence-corrected chi connectivity index (χ2v) is 5.18. The average Bonchev–Trinajstić information content (AvgIpc) is 2.93. The van der Waals surface area contributed by atoms with E-state index in [1.807, 2.05) is 0 Å². The Morgan fingerprint density at radius 3 is 2.50 bits per heavy atom. The van der Waals surface area contributed by atoms with Gasteiger partial charge in [0.2, 0.25) is 0 Å². The van der Waals surface area contributed by atoms with E-state index in [1.165, 1.54) is 0 Å². The van der Waals surface area contributed by atoms with E-state index in [4.69, 9.17) is 4.74 Å². The van der Waals surface area contributed by atoms with Crippen LogP contribution in [-0.4, -0.2) is 19.8 Å². The molecule has 2 nitrogen and oxygen atoms in total. The zero-order valence-corrected chi connectivity index (χ0v) is 11.5. The summed E-state index contributed by atoms with van der Waals surface area (Å²) in [6, 6.07) is 5.54. The molecular formula is C15H20F3NO.